The van der Waals surface area contributed by atoms with Crippen LogP contribution in [0.5, 0.6) is 0 Å². The van der Waals surface area contributed by atoms with Gasteiger partial charge < -0.3 is 0 Å². The molecule has 0 amide bonds. The van der Waals surface area contributed by atoms with E-state index < -0.39 is 0 Å². The maximum atomic E-state index is 10.2. The summed E-state index contributed by atoms with van der Waals surface area (Å²) in [6.45, 7) is 5.12. The van der Waals surface area contributed by atoms with E-state index in [1.807, 2.05) is 22.6 Å². The second-order valence-electron chi connectivity index (χ2n) is 1.40. The smallest absolute Gasteiger partial charge is 0.134 e. The van der Waals surface area contributed by atoms with Gasteiger partial charge in [-0.2, -0.15) is 0 Å². The minimum Gasteiger partial charge on any atom is -0.300 e. The minimum absolute atomic E-state index is 0.180. The third-order valence-electron chi connectivity index (χ3n) is 0.441. The normalized spacial score (nSPS) is 8.29. The number of rotatable bonds is 2. The van der Waals surface area contributed by atoms with E-state index in [0.29, 0.717) is 6.42 Å². The number of halogens is 1. The summed E-state index contributed by atoms with van der Waals surface area (Å²) < 4.78 is 0.908. The van der Waals surface area contributed by atoms with Crippen LogP contribution < -0.4 is 0 Å². The van der Waals surface area contributed by atoms with Crippen molar-refractivity contribution in [2.45, 2.75) is 13.3 Å². The van der Waals surface area contributed by atoms with Crippen LogP contribution in [-0.2, 0) is 4.79 Å². The van der Waals surface area contributed by atoms with Crippen molar-refractivity contribution in [3.05, 3.63) is 10.2 Å². The third-order valence-corrected chi connectivity index (χ3v) is 0.822. The predicted octanol–water partition coefficient (Wildman–Crippen LogP) is 1.91. The van der Waals surface area contributed by atoms with Crippen LogP contribution in [0, 0.1) is 0 Å². The van der Waals surface area contributed by atoms with E-state index in [4.69, 9.17) is 0 Å². The average molecular weight is 210 g/mol. The highest BCUT2D eigenvalue weighted by atomic mass is 127. The van der Waals surface area contributed by atoms with E-state index in [0.717, 1.165) is 3.58 Å². The summed E-state index contributed by atoms with van der Waals surface area (Å²) in [5.74, 6) is 0.180. The summed E-state index contributed by atoms with van der Waals surface area (Å²) in [4.78, 5) is 10.2. The first-order valence-electron chi connectivity index (χ1n) is 1.95. The molecule has 0 radical (unpaired) electrons. The quantitative estimate of drug-likeness (QED) is 0.636. The lowest BCUT2D eigenvalue weighted by molar-refractivity contribution is -0.116. The molecule has 2 heteroatoms. The molecule has 0 N–H and O–H groups in total. The molecule has 0 aliphatic rings. The first kappa shape index (κ1) is 7.14. The fraction of sp³-hybridized carbons (Fsp3) is 0.400. The summed E-state index contributed by atoms with van der Waals surface area (Å²) in [6.07, 6.45) is 0.514. The van der Waals surface area contributed by atoms with E-state index in [9.17, 15) is 4.79 Å². The van der Waals surface area contributed by atoms with E-state index in [-0.39, 0.29) is 5.78 Å². The Labute approximate surface area is 56.9 Å². The molecule has 0 heterocycles. The minimum atomic E-state index is 0.180. The van der Waals surface area contributed by atoms with Gasteiger partial charge in [-0.15, -0.1) is 0 Å². The Hall–Kier alpha value is 0.140. The van der Waals surface area contributed by atoms with Gasteiger partial charge in [-0.25, -0.2) is 0 Å². The van der Waals surface area contributed by atoms with E-state index in [2.05, 4.69) is 6.58 Å². The van der Waals surface area contributed by atoms with Crippen molar-refractivity contribution in [2.24, 2.45) is 0 Å². The molecule has 40 valence electrons. The Morgan fingerprint density at radius 3 is 2.29 bits per heavy atom. The molecule has 0 bridgehead atoms. The molecular weight excluding hydrogens is 203 g/mol. The zero-order valence-electron chi connectivity index (χ0n) is 4.20. The monoisotopic (exact) mass is 210 g/mol. The lowest BCUT2D eigenvalue weighted by atomic mass is 10.3. The van der Waals surface area contributed by atoms with E-state index in [1.54, 1.807) is 6.92 Å². The van der Waals surface area contributed by atoms with Gasteiger partial charge in [-0.1, -0.05) is 6.58 Å². The molecule has 0 aromatic heterocycles. The third kappa shape index (κ3) is 6.14. The summed E-state index contributed by atoms with van der Waals surface area (Å²) in [6, 6.07) is 0. The fourth-order valence-corrected chi connectivity index (χ4v) is 0.807. The van der Waals surface area contributed by atoms with Gasteiger partial charge in [0.1, 0.15) is 5.78 Å². The van der Waals surface area contributed by atoms with Crippen LogP contribution in [0.1, 0.15) is 13.3 Å². The number of Topliss-reactive ketones (excluding diaryl/α,β-unsaturated/α-hetero) is 1. The molecule has 0 fully saturated rings. The Kier molecular flexibility index (Phi) is 3.25. The molecule has 0 aliphatic carbocycles. The predicted molar refractivity (Wildman–Crippen MR) is 38.5 cm³/mol. The van der Waals surface area contributed by atoms with Gasteiger partial charge in [0.2, 0.25) is 0 Å². The maximum absolute atomic E-state index is 10.2. The van der Waals surface area contributed by atoms with Gasteiger partial charge in [0.15, 0.2) is 0 Å². The summed E-state index contributed by atoms with van der Waals surface area (Å²) in [5, 5.41) is 0. The fourth-order valence-electron chi connectivity index (χ4n) is 0.270. The lowest BCUT2D eigenvalue weighted by Gasteiger charge is -1.85. The van der Waals surface area contributed by atoms with Crippen LogP contribution in [-0.4, -0.2) is 5.78 Å². The van der Waals surface area contributed by atoms with Crippen LogP contribution in [0.3, 0.4) is 0 Å². The van der Waals surface area contributed by atoms with Gasteiger partial charge in [-0.3, -0.25) is 4.79 Å². The number of ketones is 1. The maximum Gasteiger partial charge on any atom is 0.134 e. The number of hydrogen-bond donors (Lipinski definition) is 0. The lowest BCUT2D eigenvalue weighted by Crippen LogP contribution is -1.85. The van der Waals surface area contributed by atoms with E-state index >= 15 is 0 Å². The largest absolute Gasteiger partial charge is 0.300 e. The van der Waals surface area contributed by atoms with Crippen molar-refractivity contribution in [3.63, 3.8) is 0 Å². The molecule has 0 saturated heterocycles. The molecule has 0 atom stereocenters. The van der Waals surface area contributed by atoms with Crippen LogP contribution >= 0.6 is 22.6 Å². The number of allylic oxidation sites excluding steroid dienone is 1. The molecule has 0 spiro atoms. The molecule has 0 unspecified atom stereocenters. The van der Waals surface area contributed by atoms with Crippen molar-refractivity contribution >= 4 is 28.4 Å². The van der Waals surface area contributed by atoms with Crippen molar-refractivity contribution in [1.29, 1.82) is 0 Å². The molecule has 0 saturated carbocycles. The SMILES string of the molecule is C=C(I)CC(C)=O. The van der Waals surface area contributed by atoms with Gasteiger partial charge in [0.25, 0.3) is 0 Å². The second-order valence-corrected chi connectivity index (χ2v) is 2.92. The number of carbonyl (C=O) groups excluding carboxylic acids is 1. The Morgan fingerprint density at radius 1 is 1.86 bits per heavy atom. The molecule has 0 aromatic rings. The highest BCUT2D eigenvalue weighted by molar-refractivity contribution is 14.1. The van der Waals surface area contributed by atoms with Crippen molar-refractivity contribution in [1.82, 2.24) is 0 Å². The van der Waals surface area contributed by atoms with Gasteiger partial charge in [-0.05, 0) is 33.1 Å². The standard InChI is InChI=1S/C5H7IO/c1-4(6)3-5(2)7/h1,3H2,2H3. The zero-order chi connectivity index (χ0) is 5.86. The summed E-state index contributed by atoms with van der Waals surface area (Å²) >= 11 is 2.04. The van der Waals surface area contributed by atoms with Gasteiger partial charge in [0.05, 0.1) is 0 Å². The zero-order valence-corrected chi connectivity index (χ0v) is 6.36. The van der Waals surface area contributed by atoms with Crippen LogP contribution in [0.25, 0.3) is 0 Å². The van der Waals surface area contributed by atoms with Crippen LogP contribution in [0.15, 0.2) is 10.2 Å². The van der Waals surface area contributed by atoms with Crippen molar-refractivity contribution < 1.29 is 4.79 Å². The Bertz CT molecular complexity index is 84.3. The van der Waals surface area contributed by atoms with Crippen LogP contribution in [0.4, 0.5) is 0 Å². The molecule has 0 rings (SSSR count). The van der Waals surface area contributed by atoms with Gasteiger partial charge in [0, 0.05) is 6.42 Å². The second kappa shape index (κ2) is 3.18. The molecule has 1 nitrogen and oxygen atoms in total. The molecule has 0 aromatic carbocycles. The van der Waals surface area contributed by atoms with Gasteiger partial charge >= 0.3 is 0 Å². The molecular formula is C5H7IO. The number of hydrogen-bond acceptors (Lipinski definition) is 1. The van der Waals surface area contributed by atoms with E-state index in [1.165, 1.54) is 0 Å². The van der Waals surface area contributed by atoms with Crippen LogP contribution in [0.2, 0.25) is 0 Å². The first-order chi connectivity index (χ1) is 3.13. The van der Waals surface area contributed by atoms with Crippen molar-refractivity contribution in [2.75, 3.05) is 0 Å². The first-order valence-corrected chi connectivity index (χ1v) is 3.03. The summed E-state index contributed by atoms with van der Waals surface area (Å²) in [5.41, 5.74) is 0. The highest BCUT2D eigenvalue weighted by Crippen LogP contribution is 2.06. The van der Waals surface area contributed by atoms with Crippen molar-refractivity contribution in [3.8, 4) is 0 Å². The Balaban J connectivity index is 3.32. The average Bonchev–Trinajstić information content (AvgIpc) is 1.27. The molecule has 7 heavy (non-hydrogen) atoms. The number of carbonyl (C=O) groups is 1. The summed E-state index contributed by atoms with van der Waals surface area (Å²) in [7, 11) is 0. The topological polar surface area (TPSA) is 17.1 Å². The highest BCUT2D eigenvalue weighted by Gasteiger charge is 1.90. The Morgan fingerprint density at radius 2 is 2.29 bits per heavy atom. The molecule has 0 aliphatic heterocycles.